The lowest BCUT2D eigenvalue weighted by Gasteiger charge is -2.38. The van der Waals surface area contributed by atoms with Gasteiger partial charge in [-0.1, -0.05) is 43.2 Å². The summed E-state index contributed by atoms with van der Waals surface area (Å²) in [6.45, 7) is 0.600. The minimum Gasteiger partial charge on any atom is -0.493 e. The van der Waals surface area contributed by atoms with E-state index in [1.807, 2.05) is 36.4 Å². The van der Waals surface area contributed by atoms with E-state index in [1.54, 1.807) is 19.2 Å². The first-order valence-electron chi connectivity index (χ1n) is 10.4. The number of ether oxygens (including phenoxy) is 2. The van der Waals surface area contributed by atoms with Crippen LogP contribution in [0, 0.1) is 11.8 Å². The third kappa shape index (κ3) is 4.00. The van der Waals surface area contributed by atoms with Gasteiger partial charge in [0.25, 0.3) is 0 Å². The van der Waals surface area contributed by atoms with E-state index in [0.717, 1.165) is 43.4 Å². The van der Waals surface area contributed by atoms with Crippen LogP contribution in [0.5, 0.6) is 11.5 Å². The second-order valence-electron chi connectivity index (χ2n) is 7.75. The fourth-order valence-corrected chi connectivity index (χ4v) is 4.51. The third-order valence-electron chi connectivity index (χ3n) is 6.05. The Bertz CT molecular complexity index is 894. The maximum absolute atomic E-state index is 13.2. The number of hydrogen-bond donors (Lipinski definition) is 0. The molecule has 1 aliphatic carbocycles. The molecule has 2 aromatic carbocycles. The number of hydrazone groups is 1. The fourth-order valence-electron chi connectivity index (χ4n) is 4.51. The van der Waals surface area contributed by atoms with Gasteiger partial charge in [-0.2, -0.15) is 5.10 Å². The average Bonchev–Trinajstić information content (AvgIpc) is 2.79. The quantitative estimate of drug-likeness (QED) is 0.736. The van der Waals surface area contributed by atoms with Crippen LogP contribution in [0.2, 0.25) is 0 Å². The Morgan fingerprint density at radius 2 is 1.69 bits per heavy atom. The number of amides is 1. The zero-order chi connectivity index (χ0) is 20.2. The van der Waals surface area contributed by atoms with Gasteiger partial charge in [-0.05, 0) is 43.0 Å². The molecule has 0 N–H and O–H groups in total. The summed E-state index contributed by atoms with van der Waals surface area (Å²) in [4.78, 5) is 13.2. The average molecular weight is 392 g/mol. The Morgan fingerprint density at radius 3 is 2.41 bits per heavy atom. The van der Waals surface area contributed by atoms with Crippen molar-refractivity contribution in [3.63, 3.8) is 0 Å². The second kappa shape index (κ2) is 8.68. The normalized spacial score (nSPS) is 21.4. The van der Waals surface area contributed by atoms with Gasteiger partial charge in [-0.3, -0.25) is 4.79 Å². The molecule has 0 bridgehead atoms. The minimum absolute atomic E-state index is 0.0279. The van der Waals surface area contributed by atoms with Crippen molar-refractivity contribution >= 4 is 11.6 Å². The maximum atomic E-state index is 13.2. The van der Waals surface area contributed by atoms with Crippen LogP contribution in [0.4, 0.5) is 0 Å². The van der Waals surface area contributed by atoms with E-state index in [2.05, 4.69) is 12.1 Å². The highest BCUT2D eigenvalue weighted by molar-refractivity contribution is 6.07. The van der Waals surface area contributed by atoms with Crippen LogP contribution in [-0.2, 0) is 11.2 Å². The van der Waals surface area contributed by atoms with Gasteiger partial charge in [0.2, 0.25) is 5.91 Å². The van der Waals surface area contributed by atoms with Gasteiger partial charge in [0, 0.05) is 23.9 Å². The molecule has 2 aliphatic rings. The van der Waals surface area contributed by atoms with Crippen LogP contribution >= 0.6 is 0 Å². The highest BCUT2D eigenvalue weighted by Gasteiger charge is 2.41. The molecule has 5 heteroatoms. The van der Waals surface area contributed by atoms with Crippen LogP contribution in [0.25, 0.3) is 0 Å². The largest absolute Gasteiger partial charge is 0.493 e. The van der Waals surface area contributed by atoms with Crippen LogP contribution in [0.3, 0.4) is 0 Å². The Hall–Kier alpha value is -2.82. The number of nitrogens with zero attached hydrogens (tertiary/aromatic N) is 2. The zero-order valence-electron chi connectivity index (χ0n) is 17.1. The molecule has 1 fully saturated rings. The molecule has 2 aromatic rings. The number of fused-ring (bicyclic) bond motifs is 1. The molecule has 0 spiro atoms. The van der Waals surface area contributed by atoms with E-state index in [9.17, 15) is 4.79 Å². The first kappa shape index (κ1) is 19.5. The summed E-state index contributed by atoms with van der Waals surface area (Å²) < 4.78 is 10.9. The van der Waals surface area contributed by atoms with Gasteiger partial charge in [-0.15, -0.1) is 0 Å². The summed E-state index contributed by atoms with van der Waals surface area (Å²) >= 11 is 0. The summed E-state index contributed by atoms with van der Waals surface area (Å²) in [6.07, 6.45) is 5.00. The topological polar surface area (TPSA) is 51.1 Å². The van der Waals surface area contributed by atoms with E-state index >= 15 is 0 Å². The Kier molecular flexibility index (Phi) is 5.84. The molecule has 2 atom stereocenters. The molecule has 1 heterocycles. The van der Waals surface area contributed by atoms with Gasteiger partial charge in [-0.25, -0.2) is 5.01 Å². The van der Waals surface area contributed by atoms with Crippen molar-refractivity contribution in [2.75, 3.05) is 20.8 Å². The Labute approximate surface area is 172 Å². The van der Waals surface area contributed by atoms with Gasteiger partial charge in [0.05, 0.1) is 19.9 Å². The van der Waals surface area contributed by atoms with Crippen molar-refractivity contribution in [2.24, 2.45) is 16.9 Å². The number of carbonyl (C=O) groups is 1. The number of methoxy groups -OCH3 is 2. The van der Waals surface area contributed by atoms with Crippen LogP contribution < -0.4 is 9.47 Å². The van der Waals surface area contributed by atoms with Crippen molar-refractivity contribution in [3.8, 4) is 11.5 Å². The first-order chi connectivity index (χ1) is 14.2. The summed E-state index contributed by atoms with van der Waals surface area (Å²) in [5.41, 5.74) is 3.23. The van der Waals surface area contributed by atoms with E-state index in [1.165, 1.54) is 5.56 Å². The molecule has 29 heavy (non-hydrogen) atoms. The van der Waals surface area contributed by atoms with Crippen LogP contribution in [0.1, 0.15) is 36.8 Å². The molecule has 1 amide bonds. The summed E-state index contributed by atoms with van der Waals surface area (Å²) in [5, 5.41) is 6.57. The molecule has 0 unspecified atom stereocenters. The number of carbonyl (C=O) groups excluding carboxylic acids is 1. The second-order valence-corrected chi connectivity index (χ2v) is 7.75. The molecule has 5 nitrogen and oxygen atoms in total. The standard InChI is InChI=1S/C24H28N2O3/c1-28-21-13-12-18(16-22(21)29-2)23-19-10-6-7-11-20(19)24(27)26(25-23)15-14-17-8-4-3-5-9-17/h3-5,8-9,12-13,16,19-20H,6-7,10-11,14-15H2,1-2H3/t19-,20+/m1/s1. The molecule has 1 saturated carbocycles. The molecule has 0 radical (unpaired) electrons. The van der Waals surface area contributed by atoms with Gasteiger partial charge in [0.1, 0.15) is 0 Å². The molecule has 152 valence electrons. The molecule has 1 aliphatic heterocycles. The third-order valence-corrected chi connectivity index (χ3v) is 6.05. The van der Waals surface area contributed by atoms with Crippen molar-refractivity contribution in [2.45, 2.75) is 32.1 Å². The SMILES string of the molecule is COc1ccc(C2=NN(CCc3ccccc3)C(=O)[C@H]3CCCC[C@@H]23)cc1OC. The Morgan fingerprint density at radius 1 is 0.966 bits per heavy atom. The van der Waals surface area contributed by atoms with Gasteiger partial charge >= 0.3 is 0 Å². The number of benzene rings is 2. The lowest BCUT2D eigenvalue weighted by atomic mass is 9.73. The zero-order valence-corrected chi connectivity index (χ0v) is 17.1. The fraction of sp³-hybridized carbons (Fsp3) is 0.417. The van der Waals surface area contributed by atoms with E-state index in [0.29, 0.717) is 18.0 Å². The number of rotatable bonds is 6. The summed E-state index contributed by atoms with van der Waals surface area (Å²) in [7, 11) is 3.28. The van der Waals surface area contributed by atoms with Crippen molar-refractivity contribution in [1.29, 1.82) is 0 Å². The molecular formula is C24H28N2O3. The maximum Gasteiger partial charge on any atom is 0.246 e. The van der Waals surface area contributed by atoms with Crippen molar-refractivity contribution < 1.29 is 14.3 Å². The summed E-state index contributed by atoms with van der Waals surface area (Å²) in [5.74, 6) is 1.77. The van der Waals surface area contributed by atoms with Crippen LogP contribution in [-0.4, -0.2) is 37.4 Å². The molecular weight excluding hydrogens is 364 g/mol. The van der Waals surface area contributed by atoms with Gasteiger partial charge in [0.15, 0.2) is 11.5 Å². The van der Waals surface area contributed by atoms with Gasteiger partial charge < -0.3 is 9.47 Å². The monoisotopic (exact) mass is 392 g/mol. The molecule has 4 rings (SSSR count). The van der Waals surface area contributed by atoms with E-state index in [-0.39, 0.29) is 17.7 Å². The highest BCUT2D eigenvalue weighted by Crippen LogP contribution is 2.39. The van der Waals surface area contributed by atoms with Crippen molar-refractivity contribution in [3.05, 3.63) is 59.7 Å². The minimum atomic E-state index is 0.0279. The lowest BCUT2D eigenvalue weighted by molar-refractivity contribution is -0.138. The predicted octanol–water partition coefficient (Wildman–Crippen LogP) is 4.30. The predicted molar refractivity (Wildman–Crippen MR) is 113 cm³/mol. The Balaban J connectivity index is 1.66. The van der Waals surface area contributed by atoms with Crippen LogP contribution in [0.15, 0.2) is 53.6 Å². The highest BCUT2D eigenvalue weighted by atomic mass is 16.5. The summed E-state index contributed by atoms with van der Waals surface area (Å²) in [6, 6.07) is 16.2. The number of hydrogen-bond acceptors (Lipinski definition) is 4. The molecule has 0 aromatic heterocycles. The van der Waals surface area contributed by atoms with E-state index in [4.69, 9.17) is 14.6 Å². The van der Waals surface area contributed by atoms with Crippen molar-refractivity contribution in [1.82, 2.24) is 5.01 Å². The van der Waals surface area contributed by atoms with E-state index < -0.39 is 0 Å². The molecule has 0 saturated heterocycles. The lowest BCUT2D eigenvalue weighted by Crippen LogP contribution is -2.46. The first-order valence-corrected chi connectivity index (χ1v) is 10.4. The smallest absolute Gasteiger partial charge is 0.246 e.